The summed E-state index contributed by atoms with van der Waals surface area (Å²) >= 11 is 3.97. The van der Waals surface area contributed by atoms with Crippen molar-refractivity contribution in [1.29, 1.82) is 0 Å². The van der Waals surface area contributed by atoms with E-state index in [-0.39, 0.29) is 0 Å². The summed E-state index contributed by atoms with van der Waals surface area (Å²) in [5.74, 6) is 1.34. The molecule has 15 heavy (non-hydrogen) atoms. The zero-order chi connectivity index (χ0) is 10.7. The third-order valence-corrected chi connectivity index (χ3v) is 5.65. The molecule has 0 spiro atoms. The lowest BCUT2D eigenvalue weighted by molar-refractivity contribution is 0.494. The summed E-state index contributed by atoms with van der Waals surface area (Å²) in [6, 6.07) is 4.85. The summed E-state index contributed by atoms with van der Waals surface area (Å²) < 4.78 is 0.478. The largest absolute Gasteiger partial charge is 0.308 e. The standard InChI is InChI=1S/C12H19NS2/c1-10(11-5-3-7-14-11)13-9-12(2)6-4-8-15-12/h3,5,7,10,13H,4,6,8-9H2,1-2H3. The lowest BCUT2D eigenvalue weighted by Gasteiger charge is -2.25. The van der Waals surface area contributed by atoms with Gasteiger partial charge in [-0.25, -0.2) is 0 Å². The van der Waals surface area contributed by atoms with Gasteiger partial charge >= 0.3 is 0 Å². The topological polar surface area (TPSA) is 12.0 Å². The molecule has 1 aliphatic heterocycles. The van der Waals surface area contributed by atoms with Gasteiger partial charge in [0.1, 0.15) is 0 Å². The van der Waals surface area contributed by atoms with Crippen molar-refractivity contribution < 1.29 is 0 Å². The molecule has 3 heteroatoms. The number of nitrogens with one attached hydrogen (secondary N) is 1. The van der Waals surface area contributed by atoms with E-state index in [0.717, 1.165) is 6.54 Å². The molecule has 84 valence electrons. The molecular formula is C12H19NS2. The van der Waals surface area contributed by atoms with E-state index in [4.69, 9.17) is 0 Å². The smallest absolute Gasteiger partial charge is 0.0386 e. The van der Waals surface area contributed by atoms with Gasteiger partial charge in [-0.2, -0.15) is 11.8 Å². The number of thioether (sulfide) groups is 1. The van der Waals surface area contributed by atoms with Crippen LogP contribution in [0.4, 0.5) is 0 Å². The van der Waals surface area contributed by atoms with E-state index in [1.807, 2.05) is 11.3 Å². The van der Waals surface area contributed by atoms with Crippen LogP contribution in [0.3, 0.4) is 0 Å². The second kappa shape index (κ2) is 4.89. The summed E-state index contributed by atoms with van der Waals surface area (Å²) in [5.41, 5.74) is 0. The third kappa shape index (κ3) is 2.99. The average molecular weight is 241 g/mol. The molecule has 1 aliphatic rings. The Balaban J connectivity index is 1.83. The Labute approximate surface area is 101 Å². The van der Waals surface area contributed by atoms with Gasteiger partial charge in [-0.15, -0.1) is 11.3 Å². The van der Waals surface area contributed by atoms with Crippen molar-refractivity contribution >= 4 is 23.1 Å². The van der Waals surface area contributed by atoms with Crippen LogP contribution in [-0.2, 0) is 0 Å². The van der Waals surface area contributed by atoms with Gasteiger partial charge in [0.15, 0.2) is 0 Å². The van der Waals surface area contributed by atoms with Gasteiger partial charge in [0.05, 0.1) is 0 Å². The van der Waals surface area contributed by atoms with Crippen molar-refractivity contribution in [3.63, 3.8) is 0 Å². The van der Waals surface area contributed by atoms with Gasteiger partial charge in [0, 0.05) is 22.2 Å². The summed E-state index contributed by atoms with van der Waals surface area (Å²) in [6.45, 7) is 5.78. The molecule has 2 rings (SSSR count). The third-order valence-electron chi connectivity index (χ3n) is 3.05. The quantitative estimate of drug-likeness (QED) is 0.863. The molecule has 1 aromatic rings. The fraction of sp³-hybridized carbons (Fsp3) is 0.667. The monoisotopic (exact) mass is 241 g/mol. The minimum absolute atomic E-state index is 0.478. The maximum atomic E-state index is 3.66. The zero-order valence-corrected chi connectivity index (χ0v) is 11.1. The molecule has 0 aromatic carbocycles. The maximum Gasteiger partial charge on any atom is 0.0386 e. The predicted octanol–water partition coefficient (Wildman–Crippen LogP) is 3.68. The van der Waals surface area contributed by atoms with E-state index in [1.54, 1.807) is 0 Å². The Morgan fingerprint density at radius 2 is 2.47 bits per heavy atom. The van der Waals surface area contributed by atoms with Crippen molar-refractivity contribution in [3.05, 3.63) is 22.4 Å². The normalized spacial score (nSPS) is 28.1. The van der Waals surface area contributed by atoms with Gasteiger partial charge in [0.25, 0.3) is 0 Å². The van der Waals surface area contributed by atoms with Gasteiger partial charge in [-0.05, 0) is 43.9 Å². The van der Waals surface area contributed by atoms with E-state index < -0.39 is 0 Å². The maximum absolute atomic E-state index is 3.66. The minimum Gasteiger partial charge on any atom is -0.308 e. The molecular weight excluding hydrogens is 222 g/mol. The first kappa shape index (κ1) is 11.5. The van der Waals surface area contributed by atoms with Crippen molar-refractivity contribution in [2.75, 3.05) is 12.3 Å². The number of rotatable bonds is 4. The highest BCUT2D eigenvalue weighted by atomic mass is 32.2. The summed E-state index contributed by atoms with van der Waals surface area (Å²) in [5, 5.41) is 5.81. The van der Waals surface area contributed by atoms with Crippen LogP contribution >= 0.6 is 23.1 Å². The Morgan fingerprint density at radius 3 is 3.07 bits per heavy atom. The molecule has 1 saturated heterocycles. The van der Waals surface area contributed by atoms with Crippen LogP contribution in [0, 0.1) is 0 Å². The van der Waals surface area contributed by atoms with Crippen LogP contribution in [0.5, 0.6) is 0 Å². The summed E-state index contributed by atoms with van der Waals surface area (Å²) in [4.78, 5) is 1.45. The Hall–Kier alpha value is 0.01000. The summed E-state index contributed by atoms with van der Waals surface area (Å²) in [7, 11) is 0. The van der Waals surface area contributed by atoms with Gasteiger partial charge in [-0.3, -0.25) is 0 Å². The van der Waals surface area contributed by atoms with E-state index in [0.29, 0.717) is 10.8 Å². The molecule has 2 atom stereocenters. The van der Waals surface area contributed by atoms with Crippen molar-refractivity contribution in [2.24, 2.45) is 0 Å². The van der Waals surface area contributed by atoms with Crippen LogP contribution in [0.1, 0.15) is 37.6 Å². The first-order chi connectivity index (χ1) is 7.20. The van der Waals surface area contributed by atoms with Crippen LogP contribution in [0.25, 0.3) is 0 Å². The molecule has 1 nitrogen and oxygen atoms in total. The van der Waals surface area contributed by atoms with Gasteiger partial charge in [0.2, 0.25) is 0 Å². The molecule has 0 saturated carbocycles. The second-order valence-corrected chi connectivity index (χ2v) is 7.18. The Morgan fingerprint density at radius 1 is 1.60 bits per heavy atom. The Kier molecular flexibility index (Phi) is 3.75. The fourth-order valence-electron chi connectivity index (χ4n) is 1.98. The highest BCUT2D eigenvalue weighted by Crippen LogP contribution is 2.37. The number of thiophene rings is 1. The molecule has 1 fully saturated rings. The molecule has 2 unspecified atom stereocenters. The van der Waals surface area contributed by atoms with Gasteiger partial charge < -0.3 is 5.32 Å². The summed E-state index contributed by atoms with van der Waals surface area (Å²) in [6.07, 6.45) is 2.75. The minimum atomic E-state index is 0.478. The lowest BCUT2D eigenvalue weighted by Crippen LogP contribution is -2.34. The molecule has 1 aromatic heterocycles. The van der Waals surface area contributed by atoms with E-state index in [9.17, 15) is 0 Å². The number of hydrogen-bond acceptors (Lipinski definition) is 3. The molecule has 0 aliphatic carbocycles. The van der Waals surface area contributed by atoms with Crippen LogP contribution in [0.2, 0.25) is 0 Å². The zero-order valence-electron chi connectivity index (χ0n) is 9.45. The predicted molar refractivity (Wildman–Crippen MR) is 70.8 cm³/mol. The second-order valence-electron chi connectivity index (χ2n) is 4.52. The van der Waals surface area contributed by atoms with Crippen molar-refractivity contribution in [3.8, 4) is 0 Å². The van der Waals surface area contributed by atoms with E-state index >= 15 is 0 Å². The van der Waals surface area contributed by atoms with Gasteiger partial charge in [-0.1, -0.05) is 6.07 Å². The molecule has 0 bridgehead atoms. The molecule has 0 radical (unpaired) electrons. The van der Waals surface area contributed by atoms with E-state index in [2.05, 4.69) is 48.4 Å². The Bertz CT molecular complexity index is 289. The van der Waals surface area contributed by atoms with Crippen LogP contribution in [0.15, 0.2) is 17.5 Å². The number of hydrogen-bond donors (Lipinski definition) is 1. The van der Waals surface area contributed by atoms with Crippen molar-refractivity contribution in [1.82, 2.24) is 5.32 Å². The lowest BCUT2D eigenvalue weighted by atomic mass is 10.1. The molecule has 2 heterocycles. The van der Waals surface area contributed by atoms with E-state index in [1.165, 1.54) is 23.5 Å². The first-order valence-electron chi connectivity index (χ1n) is 5.60. The van der Waals surface area contributed by atoms with Crippen LogP contribution in [-0.4, -0.2) is 17.0 Å². The highest BCUT2D eigenvalue weighted by molar-refractivity contribution is 8.00. The molecule has 0 amide bonds. The average Bonchev–Trinajstić information content (AvgIpc) is 2.85. The van der Waals surface area contributed by atoms with Crippen molar-refractivity contribution in [2.45, 2.75) is 37.5 Å². The van der Waals surface area contributed by atoms with Crippen LogP contribution < -0.4 is 5.32 Å². The highest BCUT2D eigenvalue weighted by Gasteiger charge is 2.29. The fourth-order valence-corrected chi connectivity index (χ4v) is 4.00. The SMILES string of the molecule is CC(NCC1(C)CCCS1)c1cccs1. The first-order valence-corrected chi connectivity index (χ1v) is 7.47. The molecule has 1 N–H and O–H groups in total.